The first kappa shape index (κ1) is 75.2. The number of esters is 3. The molecule has 1 atom stereocenters. The zero-order chi connectivity index (χ0) is 55.7. The Morgan fingerprint density at radius 2 is 0.429 bits per heavy atom. The Hall–Kier alpha value is -1.85. The monoisotopic (exact) mass is 1090 g/mol. The molecule has 1 unspecified atom stereocenters. The minimum Gasteiger partial charge on any atom is -0.462 e. The first-order chi connectivity index (χ1) is 38.0. The molecule has 0 aliphatic rings. The van der Waals surface area contributed by atoms with E-state index in [1.54, 1.807) is 0 Å². The summed E-state index contributed by atoms with van der Waals surface area (Å²) in [6.07, 6.45) is 80.1. The van der Waals surface area contributed by atoms with Gasteiger partial charge in [0.05, 0.1) is 0 Å². The van der Waals surface area contributed by atoms with E-state index in [1.807, 2.05) is 0 Å². The fraction of sp³-hybridized carbons (Fsp3) is 0.930. The molecule has 0 saturated heterocycles. The second kappa shape index (κ2) is 66.7. The summed E-state index contributed by atoms with van der Waals surface area (Å²) in [5.74, 6) is -0.850. The van der Waals surface area contributed by atoms with E-state index in [9.17, 15) is 14.4 Å². The van der Waals surface area contributed by atoms with Gasteiger partial charge in [-0.15, -0.1) is 0 Å². The van der Waals surface area contributed by atoms with Crippen LogP contribution in [-0.2, 0) is 28.6 Å². The highest BCUT2D eigenvalue weighted by Gasteiger charge is 2.19. The number of carbonyl (C=O) groups excluding carboxylic acids is 3. The molecule has 0 aliphatic heterocycles. The van der Waals surface area contributed by atoms with E-state index < -0.39 is 6.10 Å². The molecule has 0 bridgehead atoms. The van der Waals surface area contributed by atoms with Gasteiger partial charge in [-0.3, -0.25) is 14.4 Å². The number of hydrogen-bond acceptors (Lipinski definition) is 6. The van der Waals surface area contributed by atoms with E-state index in [4.69, 9.17) is 14.2 Å². The Morgan fingerprint density at radius 1 is 0.247 bits per heavy atom. The molecule has 0 aromatic heterocycles. The Labute approximate surface area is 481 Å². The van der Waals surface area contributed by atoms with Crippen molar-refractivity contribution in [1.29, 1.82) is 0 Å². The van der Waals surface area contributed by atoms with Crippen molar-refractivity contribution < 1.29 is 28.6 Å². The van der Waals surface area contributed by atoms with Crippen molar-refractivity contribution in [2.24, 2.45) is 0 Å². The molecular formula is C71H136O6. The maximum absolute atomic E-state index is 12.9. The molecule has 0 rings (SSSR count). The molecule has 6 nitrogen and oxygen atoms in total. The lowest BCUT2D eigenvalue weighted by Gasteiger charge is -2.18. The van der Waals surface area contributed by atoms with E-state index in [0.29, 0.717) is 19.3 Å². The van der Waals surface area contributed by atoms with Gasteiger partial charge in [0.25, 0.3) is 0 Å². The van der Waals surface area contributed by atoms with Gasteiger partial charge in [0.2, 0.25) is 0 Å². The fourth-order valence-electron chi connectivity index (χ4n) is 11.0. The number of ether oxygens (including phenoxy) is 3. The Morgan fingerprint density at radius 3 is 0.649 bits per heavy atom. The highest BCUT2D eigenvalue weighted by atomic mass is 16.6. The zero-order valence-electron chi connectivity index (χ0n) is 52.5. The van der Waals surface area contributed by atoms with Crippen LogP contribution in [0.15, 0.2) is 12.2 Å². The maximum Gasteiger partial charge on any atom is 0.306 e. The van der Waals surface area contributed by atoms with Crippen LogP contribution in [0.1, 0.15) is 406 Å². The summed E-state index contributed by atoms with van der Waals surface area (Å²) in [6.45, 7) is 6.67. The van der Waals surface area contributed by atoms with Crippen LogP contribution < -0.4 is 0 Å². The van der Waals surface area contributed by atoms with E-state index >= 15 is 0 Å². The number of allylic oxidation sites excluding steroid dienone is 2. The van der Waals surface area contributed by atoms with Gasteiger partial charge in [-0.05, 0) is 44.9 Å². The van der Waals surface area contributed by atoms with Crippen LogP contribution in [0.3, 0.4) is 0 Å². The Balaban J connectivity index is 3.92. The van der Waals surface area contributed by atoms with Gasteiger partial charge in [-0.1, -0.05) is 354 Å². The number of unbranched alkanes of at least 4 members (excludes halogenated alkanes) is 53. The van der Waals surface area contributed by atoms with Crippen molar-refractivity contribution in [3.63, 3.8) is 0 Å². The predicted octanol–water partition coefficient (Wildman–Crippen LogP) is 24.0. The van der Waals surface area contributed by atoms with Crippen LogP contribution in [0, 0.1) is 0 Å². The van der Waals surface area contributed by atoms with Gasteiger partial charge in [0.1, 0.15) is 13.2 Å². The van der Waals surface area contributed by atoms with Gasteiger partial charge in [0, 0.05) is 19.3 Å². The first-order valence-corrected chi connectivity index (χ1v) is 35.2. The molecule has 0 aliphatic carbocycles. The summed E-state index contributed by atoms with van der Waals surface area (Å²) in [4.78, 5) is 38.1. The first-order valence-electron chi connectivity index (χ1n) is 35.2. The molecule has 77 heavy (non-hydrogen) atoms. The van der Waals surface area contributed by atoms with Crippen LogP contribution in [0.2, 0.25) is 0 Å². The molecule has 0 saturated carbocycles. The normalized spacial score (nSPS) is 12.0. The molecule has 0 aromatic rings. The minimum absolute atomic E-state index is 0.0662. The number of carbonyl (C=O) groups is 3. The van der Waals surface area contributed by atoms with Crippen LogP contribution in [0.4, 0.5) is 0 Å². The van der Waals surface area contributed by atoms with E-state index in [1.165, 1.54) is 308 Å². The van der Waals surface area contributed by atoms with Gasteiger partial charge >= 0.3 is 17.9 Å². The highest BCUT2D eigenvalue weighted by molar-refractivity contribution is 5.71. The van der Waals surface area contributed by atoms with Crippen molar-refractivity contribution in [3.05, 3.63) is 12.2 Å². The zero-order valence-corrected chi connectivity index (χ0v) is 52.5. The Bertz CT molecular complexity index is 1200. The van der Waals surface area contributed by atoms with Crippen molar-refractivity contribution in [1.82, 2.24) is 0 Å². The maximum atomic E-state index is 12.9. The minimum atomic E-state index is -0.767. The second-order valence-corrected chi connectivity index (χ2v) is 24.2. The lowest BCUT2D eigenvalue weighted by Crippen LogP contribution is -2.30. The highest BCUT2D eigenvalue weighted by Crippen LogP contribution is 2.19. The van der Waals surface area contributed by atoms with Crippen LogP contribution in [0.25, 0.3) is 0 Å². The average Bonchev–Trinajstić information content (AvgIpc) is 3.43. The van der Waals surface area contributed by atoms with Crippen molar-refractivity contribution in [2.75, 3.05) is 13.2 Å². The molecule has 0 N–H and O–H groups in total. The molecule has 0 amide bonds. The lowest BCUT2D eigenvalue weighted by atomic mass is 10.0. The van der Waals surface area contributed by atoms with Gasteiger partial charge in [-0.2, -0.15) is 0 Å². The van der Waals surface area contributed by atoms with Crippen LogP contribution in [0.5, 0.6) is 0 Å². The quantitative estimate of drug-likeness (QED) is 0.0261. The van der Waals surface area contributed by atoms with E-state index in [0.717, 1.165) is 57.8 Å². The van der Waals surface area contributed by atoms with Crippen LogP contribution >= 0.6 is 0 Å². The predicted molar refractivity (Wildman–Crippen MR) is 335 cm³/mol. The molecule has 6 heteroatoms. The third-order valence-corrected chi connectivity index (χ3v) is 16.3. The lowest BCUT2D eigenvalue weighted by molar-refractivity contribution is -0.167. The molecule has 0 aromatic carbocycles. The summed E-state index contributed by atoms with van der Waals surface area (Å²) in [7, 11) is 0. The standard InChI is InChI=1S/C71H136O6/c1-4-7-10-13-16-18-20-22-24-26-28-29-30-31-32-33-34-35-36-37-38-39-40-41-42-43-45-46-48-50-52-55-58-61-64-70(73)76-67-68(66-75-69(72)63-60-57-54-15-12-9-6-3)77-71(74)65-62-59-56-53-51-49-47-44-27-25-23-21-19-17-14-11-8-5-2/h25,27,68H,4-24,26,28-67H2,1-3H3/b27-25-. The van der Waals surface area contributed by atoms with Gasteiger partial charge in [-0.25, -0.2) is 0 Å². The summed E-state index contributed by atoms with van der Waals surface area (Å²) >= 11 is 0. The van der Waals surface area contributed by atoms with E-state index in [-0.39, 0.29) is 31.1 Å². The summed E-state index contributed by atoms with van der Waals surface area (Å²) in [6, 6.07) is 0. The fourth-order valence-corrected chi connectivity index (χ4v) is 11.0. The largest absolute Gasteiger partial charge is 0.462 e. The molecular weight excluding hydrogens is 949 g/mol. The van der Waals surface area contributed by atoms with Crippen molar-refractivity contribution in [3.8, 4) is 0 Å². The Kier molecular flexibility index (Phi) is 65.1. The summed E-state index contributed by atoms with van der Waals surface area (Å²) < 4.78 is 16.9. The molecule has 0 fully saturated rings. The number of hydrogen-bond donors (Lipinski definition) is 0. The number of rotatable bonds is 66. The smallest absolute Gasteiger partial charge is 0.306 e. The summed E-state index contributed by atoms with van der Waals surface area (Å²) in [5, 5.41) is 0. The second-order valence-electron chi connectivity index (χ2n) is 24.2. The third kappa shape index (κ3) is 64.9. The van der Waals surface area contributed by atoms with E-state index in [2.05, 4.69) is 32.9 Å². The topological polar surface area (TPSA) is 78.9 Å². The van der Waals surface area contributed by atoms with Crippen LogP contribution in [-0.4, -0.2) is 37.2 Å². The molecule has 0 radical (unpaired) electrons. The van der Waals surface area contributed by atoms with Crippen molar-refractivity contribution >= 4 is 17.9 Å². The molecule has 456 valence electrons. The van der Waals surface area contributed by atoms with Gasteiger partial charge < -0.3 is 14.2 Å². The summed E-state index contributed by atoms with van der Waals surface area (Å²) in [5.41, 5.74) is 0. The molecule has 0 heterocycles. The third-order valence-electron chi connectivity index (χ3n) is 16.3. The SMILES string of the molecule is CCCCCCCCC/C=C\CCCCCCCCCC(=O)OC(COC(=O)CCCCCCCCC)COC(=O)CCCCCCCCCCCCCCCCCCCCCCCCCCCCCCCCCCCC. The van der Waals surface area contributed by atoms with Gasteiger partial charge in [0.15, 0.2) is 6.10 Å². The van der Waals surface area contributed by atoms with Crippen molar-refractivity contribution in [2.45, 2.75) is 412 Å². The molecule has 0 spiro atoms. The average molecular weight is 1090 g/mol.